The van der Waals surface area contributed by atoms with Gasteiger partial charge in [-0.15, -0.1) is 0 Å². The van der Waals surface area contributed by atoms with E-state index in [9.17, 15) is 24.1 Å². The number of ether oxygens (including phenoxy) is 1. The van der Waals surface area contributed by atoms with Crippen molar-refractivity contribution in [2.75, 3.05) is 11.9 Å². The summed E-state index contributed by atoms with van der Waals surface area (Å²) < 4.78 is 18.3. The van der Waals surface area contributed by atoms with Crippen LogP contribution in [0, 0.1) is 22.9 Å². The van der Waals surface area contributed by atoms with E-state index < -0.39 is 34.8 Å². The first-order valence-electron chi connectivity index (χ1n) is 6.95. The lowest BCUT2D eigenvalue weighted by Gasteiger charge is -2.09. The maximum absolute atomic E-state index is 13.6. The van der Waals surface area contributed by atoms with Gasteiger partial charge in [-0.05, 0) is 30.7 Å². The van der Waals surface area contributed by atoms with Gasteiger partial charge < -0.3 is 10.1 Å². The number of nitro benzene ring substituents is 1. The molecule has 9 heteroatoms. The Kier molecular flexibility index (Phi) is 5.66. The van der Waals surface area contributed by atoms with Gasteiger partial charge in [0.25, 0.3) is 11.6 Å². The number of hydrogen-bond acceptors (Lipinski definition) is 5. The van der Waals surface area contributed by atoms with E-state index in [1.807, 2.05) is 0 Å². The highest BCUT2D eigenvalue weighted by Gasteiger charge is 2.18. The van der Waals surface area contributed by atoms with Gasteiger partial charge >= 0.3 is 5.97 Å². The van der Waals surface area contributed by atoms with Gasteiger partial charge in [-0.1, -0.05) is 17.7 Å². The van der Waals surface area contributed by atoms with Crippen LogP contribution in [0.2, 0.25) is 5.02 Å². The Morgan fingerprint density at radius 3 is 2.64 bits per heavy atom. The van der Waals surface area contributed by atoms with Crippen molar-refractivity contribution in [2.24, 2.45) is 0 Å². The van der Waals surface area contributed by atoms with Crippen LogP contribution >= 0.6 is 11.6 Å². The molecule has 0 spiro atoms. The Bertz CT molecular complexity index is 836. The minimum atomic E-state index is -1.07. The van der Waals surface area contributed by atoms with Crippen molar-refractivity contribution in [3.8, 4) is 0 Å². The summed E-state index contributed by atoms with van der Waals surface area (Å²) in [6.07, 6.45) is 0. The lowest BCUT2D eigenvalue weighted by atomic mass is 10.2. The van der Waals surface area contributed by atoms with Crippen molar-refractivity contribution in [1.29, 1.82) is 0 Å². The number of rotatable bonds is 5. The second-order valence-corrected chi connectivity index (χ2v) is 5.38. The van der Waals surface area contributed by atoms with Crippen LogP contribution < -0.4 is 5.32 Å². The number of non-ortho nitro benzene ring substituents is 1. The van der Waals surface area contributed by atoms with Crippen LogP contribution in [-0.4, -0.2) is 23.4 Å². The van der Waals surface area contributed by atoms with E-state index in [4.69, 9.17) is 16.3 Å². The van der Waals surface area contributed by atoms with Crippen molar-refractivity contribution in [1.82, 2.24) is 0 Å². The fraction of sp³-hybridized carbons (Fsp3) is 0.125. The average Bonchev–Trinajstić information content (AvgIpc) is 2.54. The zero-order valence-corrected chi connectivity index (χ0v) is 13.7. The third-order valence-electron chi connectivity index (χ3n) is 3.20. The Morgan fingerprint density at radius 1 is 1.32 bits per heavy atom. The summed E-state index contributed by atoms with van der Waals surface area (Å²) in [4.78, 5) is 33.8. The molecule has 0 bridgehead atoms. The molecule has 0 unspecified atom stereocenters. The van der Waals surface area contributed by atoms with Gasteiger partial charge in [0.2, 0.25) is 0 Å². The van der Waals surface area contributed by atoms with Crippen LogP contribution in [0.25, 0.3) is 0 Å². The normalized spacial score (nSPS) is 10.2. The van der Waals surface area contributed by atoms with Crippen molar-refractivity contribution in [3.05, 3.63) is 68.5 Å². The fourth-order valence-corrected chi connectivity index (χ4v) is 2.22. The molecule has 2 aromatic rings. The minimum absolute atomic E-state index is 0.115. The zero-order chi connectivity index (χ0) is 18.6. The summed E-state index contributed by atoms with van der Waals surface area (Å²) in [6.45, 7) is 0.910. The number of halogens is 2. The summed E-state index contributed by atoms with van der Waals surface area (Å²) in [5.41, 5.74) is 0.223. The quantitative estimate of drug-likeness (QED) is 0.496. The van der Waals surface area contributed by atoms with Gasteiger partial charge in [0.1, 0.15) is 11.4 Å². The predicted molar refractivity (Wildman–Crippen MR) is 88.2 cm³/mol. The molecule has 130 valence electrons. The van der Waals surface area contributed by atoms with E-state index in [2.05, 4.69) is 5.32 Å². The SMILES string of the molecule is Cc1cc([N+](=O)[O-])ccc1NC(=O)COC(=O)c1c(F)cccc1Cl. The van der Waals surface area contributed by atoms with E-state index in [1.165, 1.54) is 30.3 Å². The number of esters is 1. The van der Waals surface area contributed by atoms with Gasteiger partial charge in [0.05, 0.1) is 9.95 Å². The summed E-state index contributed by atoms with van der Waals surface area (Å²) in [6, 6.07) is 7.58. The highest BCUT2D eigenvalue weighted by molar-refractivity contribution is 6.33. The topological polar surface area (TPSA) is 98.5 Å². The number of amides is 1. The monoisotopic (exact) mass is 366 g/mol. The van der Waals surface area contributed by atoms with Crippen LogP contribution in [0.1, 0.15) is 15.9 Å². The summed E-state index contributed by atoms with van der Waals surface area (Å²) in [5.74, 6) is -2.61. The van der Waals surface area contributed by atoms with Gasteiger partial charge in [-0.25, -0.2) is 9.18 Å². The van der Waals surface area contributed by atoms with E-state index in [-0.39, 0.29) is 10.7 Å². The Balaban J connectivity index is 1.99. The molecule has 0 aliphatic rings. The van der Waals surface area contributed by atoms with Crippen LogP contribution in [0.5, 0.6) is 0 Å². The molecule has 0 saturated heterocycles. The third kappa shape index (κ3) is 4.51. The largest absolute Gasteiger partial charge is 0.452 e. The van der Waals surface area contributed by atoms with E-state index in [1.54, 1.807) is 6.92 Å². The zero-order valence-electron chi connectivity index (χ0n) is 12.9. The number of aryl methyl sites for hydroxylation is 1. The number of anilines is 1. The van der Waals surface area contributed by atoms with Crippen molar-refractivity contribution >= 4 is 34.9 Å². The summed E-state index contributed by atoms with van der Waals surface area (Å²) >= 11 is 5.73. The highest BCUT2D eigenvalue weighted by atomic mass is 35.5. The van der Waals surface area contributed by atoms with Crippen molar-refractivity contribution in [3.63, 3.8) is 0 Å². The molecule has 25 heavy (non-hydrogen) atoms. The van der Waals surface area contributed by atoms with Crippen LogP contribution in [0.15, 0.2) is 36.4 Å². The van der Waals surface area contributed by atoms with Gasteiger partial charge in [-0.3, -0.25) is 14.9 Å². The van der Waals surface area contributed by atoms with Crippen LogP contribution in [0.4, 0.5) is 15.8 Å². The number of carbonyl (C=O) groups is 2. The first-order valence-corrected chi connectivity index (χ1v) is 7.33. The summed E-state index contributed by atoms with van der Waals surface area (Å²) in [7, 11) is 0. The maximum atomic E-state index is 13.6. The molecular weight excluding hydrogens is 355 g/mol. The van der Waals surface area contributed by atoms with Crippen molar-refractivity contribution in [2.45, 2.75) is 6.92 Å². The maximum Gasteiger partial charge on any atom is 0.343 e. The Hall–Kier alpha value is -3.00. The standard InChI is InChI=1S/C16H12ClFN2O5/c1-9-7-10(20(23)24)5-6-13(9)19-14(21)8-25-16(22)15-11(17)3-2-4-12(15)18/h2-7H,8H2,1H3,(H,19,21). The molecule has 0 aliphatic heterocycles. The smallest absolute Gasteiger partial charge is 0.343 e. The molecule has 1 amide bonds. The number of carbonyl (C=O) groups excluding carboxylic acids is 2. The lowest BCUT2D eigenvalue weighted by Crippen LogP contribution is -2.22. The number of nitrogens with one attached hydrogen (secondary N) is 1. The molecule has 1 N–H and O–H groups in total. The molecule has 2 aromatic carbocycles. The highest BCUT2D eigenvalue weighted by Crippen LogP contribution is 2.22. The first-order chi connectivity index (χ1) is 11.8. The average molecular weight is 367 g/mol. The molecule has 7 nitrogen and oxygen atoms in total. The molecule has 0 radical (unpaired) electrons. The predicted octanol–water partition coefficient (Wildman–Crippen LogP) is 3.49. The minimum Gasteiger partial charge on any atom is -0.452 e. The molecule has 0 heterocycles. The number of benzene rings is 2. The number of nitrogens with zero attached hydrogens (tertiary/aromatic N) is 1. The second kappa shape index (κ2) is 7.71. The molecule has 0 aliphatic carbocycles. The third-order valence-corrected chi connectivity index (χ3v) is 3.51. The molecule has 0 atom stereocenters. The Labute approximate surface area is 146 Å². The molecule has 0 fully saturated rings. The van der Waals surface area contributed by atoms with Crippen LogP contribution in [0.3, 0.4) is 0 Å². The molecule has 0 aromatic heterocycles. The molecule has 0 saturated carbocycles. The van der Waals surface area contributed by atoms with Gasteiger partial charge in [0, 0.05) is 17.8 Å². The van der Waals surface area contributed by atoms with Gasteiger partial charge in [0.15, 0.2) is 6.61 Å². The van der Waals surface area contributed by atoms with E-state index >= 15 is 0 Å². The fourth-order valence-electron chi connectivity index (χ4n) is 1.98. The second-order valence-electron chi connectivity index (χ2n) is 4.98. The number of hydrogen-bond donors (Lipinski definition) is 1. The lowest BCUT2D eigenvalue weighted by molar-refractivity contribution is -0.384. The van der Waals surface area contributed by atoms with E-state index in [0.717, 1.165) is 6.07 Å². The van der Waals surface area contributed by atoms with Crippen LogP contribution in [-0.2, 0) is 9.53 Å². The molecular formula is C16H12ClFN2O5. The van der Waals surface area contributed by atoms with E-state index in [0.29, 0.717) is 11.3 Å². The van der Waals surface area contributed by atoms with Gasteiger partial charge in [-0.2, -0.15) is 0 Å². The Morgan fingerprint density at radius 2 is 2.04 bits per heavy atom. The molecule has 2 rings (SSSR count). The number of nitro groups is 1. The van der Waals surface area contributed by atoms with Crippen molar-refractivity contribution < 1.29 is 23.6 Å². The summed E-state index contributed by atoms with van der Waals surface area (Å²) in [5, 5.41) is 13.0. The first kappa shape index (κ1) is 18.3.